The van der Waals surface area contributed by atoms with Gasteiger partial charge >= 0.3 is 0 Å². The van der Waals surface area contributed by atoms with Crippen LogP contribution in [0.25, 0.3) is 0 Å². The topological polar surface area (TPSA) is 120 Å². The number of likely N-dealkylation sites (N-methyl/N-ethyl adjacent to an activating group) is 1. The number of likely N-dealkylation sites (tertiary alicyclic amines) is 1. The molecule has 10 heteroatoms. The molecule has 2 aromatic carbocycles. The van der Waals surface area contributed by atoms with E-state index in [1.165, 1.54) is 30.6 Å². The Bertz CT molecular complexity index is 1220. The second kappa shape index (κ2) is 16.6. The van der Waals surface area contributed by atoms with E-state index < -0.39 is 18.0 Å². The molecule has 0 aromatic heterocycles. The molecule has 0 spiro atoms. The molecule has 0 aliphatic carbocycles. The van der Waals surface area contributed by atoms with Gasteiger partial charge in [-0.3, -0.25) is 19.2 Å². The van der Waals surface area contributed by atoms with E-state index in [4.69, 9.17) is 4.74 Å². The van der Waals surface area contributed by atoms with Crippen LogP contribution in [0.1, 0.15) is 60.9 Å². The zero-order chi connectivity index (χ0) is 30.4. The fourth-order valence-electron chi connectivity index (χ4n) is 5.54. The molecule has 3 N–H and O–H groups in total. The average Bonchev–Trinajstić information content (AvgIpc) is 3.29. The van der Waals surface area contributed by atoms with Crippen molar-refractivity contribution in [1.29, 1.82) is 0 Å². The molecule has 2 aromatic rings. The first-order valence-electron chi connectivity index (χ1n) is 15.5. The lowest BCUT2D eigenvalue weighted by Gasteiger charge is -2.25. The summed E-state index contributed by atoms with van der Waals surface area (Å²) in [5, 5.41) is 8.67. The van der Waals surface area contributed by atoms with Crippen molar-refractivity contribution in [2.75, 3.05) is 46.4 Å². The van der Waals surface area contributed by atoms with Gasteiger partial charge in [-0.05, 0) is 63.0 Å². The highest BCUT2D eigenvalue weighted by molar-refractivity contribution is 5.99. The predicted molar refractivity (Wildman–Crippen MR) is 165 cm³/mol. The lowest BCUT2D eigenvalue weighted by Crippen LogP contribution is -2.50. The van der Waals surface area contributed by atoms with E-state index in [1.807, 2.05) is 30.3 Å². The molecule has 1 saturated heterocycles. The molecule has 4 amide bonds. The van der Waals surface area contributed by atoms with Crippen molar-refractivity contribution in [3.05, 3.63) is 65.7 Å². The third kappa shape index (κ3) is 10.1. The summed E-state index contributed by atoms with van der Waals surface area (Å²) >= 11 is 0. The molecule has 4 rings (SSSR count). The molecule has 0 unspecified atom stereocenters. The normalized spacial score (nSPS) is 21.2. The van der Waals surface area contributed by atoms with E-state index >= 15 is 0 Å². The van der Waals surface area contributed by atoms with Crippen LogP contribution in [0.5, 0.6) is 5.75 Å². The monoisotopic (exact) mass is 591 g/mol. The van der Waals surface area contributed by atoms with Crippen LogP contribution >= 0.6 is 0 Å². The summed E-state index contributed by atoms with van der Waals surface area (Å²) in [5.41, 5.74) is 1.21. The Morgan fingerprint density at radius 1 is 0.930 bits per heavy atom. The first-order valence-corrected chi connectivity index (χ1v) is 15.5. The molecule has 2 atom stereocenters. The SMILES string of the molecule is CN1CCOc2ccccc2C(=O)N[C@H](C(=O)NCCCN2CCCCCC2)CCC(=O)N[C@@H](Cc2ccccc2)C1=O. The zero-order valence-corrected chi connectivity index (χ0v) is 25.2. The Morgan fingerprint density at radius 2 is 1.65 bits per heavy atom. The van der Waals surface area contributed by atoms with Crippen LogP contribution in [0.4, 0.5) is 0 Å². The van der Waals surface area contributed by atoms with E-state index in [1.54, 1.807) is 31.3 Å². The summed E-state index contributed by atoms with van der Waals surface area (Å²) in [6.07, 6.45) is 6.15. The van der Waals surface area contributed by atoms with Crippen molar-refractivity contribution in [3.63, 3.8) is 0 Å². The molecule has 2 aliphatic rings. The minimum absolute atomic E-state index is 0.0351. The highest BCUT2D eigenvalue weighted by atomic mass is 16.5. The summed E-state index contributed by atoms with van der Waals surface area (Å²) in [5.74, 6) is -1.03. The van der Waals surface area contributed by atoms with Gasteiger partial charge < -0.3 is 30.5 Å². The van der Waals surface area contributed by atoms with E-state index in [0.29, 0.717) is 18.7 Å². The number of carbonyl (C=O) groups is 4. The molecular formula is C33H45N5O5. The molecule has 2 aliphatic heterocycles. The lowest BCUT2D eigenvalue weighted by atomic mass is 10.0. The summed E-state index contributed by atoms with van der Waals surface area (Å²) in [4.78, 5) is 57.1. The second-order valence-electron chi connectivity index (χ2n) is 11.4. The molecule has 43 heavy (non-hydrogen) atoms. The van der Waals surface area contributed by atoms with Gasteiger partial charge in [0.15, 0.2) is 0 Å². The smallest absolute Gasteiger partial charge is 0.255 e. The Morgan fingerprint density at radius 3 is 2.42 bits per heavy atom. The molecule has 1 fully saturated rings. The molecule has 232 valence electrons. The minimum atomic E-state index is -0.930. The molecule has 2 heterocycles. The standard InChI is InChI=1S/C33H45N5O5/c1-37-22-23-43-29-15-8-7-14-26(29)31(40)36-27(32(41)34-18-11-21-38-19-9-2-3-10-20-38)16-17-30(39)35-28(33(37)42)24-25-12-5-4-6-13-25/h4-8,12-15,27-28H,2-3,9-11,16-24H2,1H3,(H,34,41)(H,35,39)(H,36,40)/t27-,28-/m0/s1. The van der Waals surface area contributed by atoms with Crippen LogP contribution < -0.4 is 20.7 Å². The van der Waals surface area contributed by atoms with Gasteiger partial charge in [-0.1, -0.05) is 55.3 Å². The maximum atomic E-state index is 13.4. The van der Waals surface area contributed by atoms with Crippen molar-refractivity contribution >= 4 is 23.6 Å². The van der Waals surface area contributed by atoms with Crippen LogP contribution in [0.15, 0.2) is 54.6 Å². The maximum absolute atomic E-state index is 13.4. The van der Waals surface area contributed by atoms with E-state index in [2.05, 4.69) is 20.9 Å². The largest absolute Gasteiger partial charge is 0.491 e. The van der Waals surface area contributed by atoms with Crippen LogP contribution in [0.3, 0.4) is 0 Å². The van der Waals surface area contributed by atoms with Crippen LogP contribution in [0, 0.1) is 0 Å². The summed E-state index contributed by atoms with van der Waals surface area (Å²) in [6, 6.07) is 14.6. The fourth-order valence-corrected chi connectivity index (χ4v) is 5.54. The third-order valence-corrected chi connectivity index (χ3v) is 8.04. The van der Waals surface area contributed by atoms with Gasteiger partial charge in [0.25, 0.3) is 5.91 Å². The van der Waals surface area contributed by atoms with Crippen molar-refractivity contribution in [3.8, 4) is 5.75 Å². The van der Waals surface area contributed by atoms with E-state index in [-0.39, 0.29) is 49.3 Å². The predicted octanol–water partition coefficient (Wildman–Crippen LogP) is 2.53. The summed E-state index contributed by atoms with van der Waals surface area (Å²) in [7, 11) is 1.67. The molecule has 10 nitrogen and oxygen atoms in total. The molecule has 0 bridgehead atoms. The number of nitrogens with one attached hydrogen (secondary N) is 3. The second-order valence-corrected chi connectivity index (χ2v) is 11.4. The lowest BCUT2D eigenvalue weighted by molar-refractivity contribution is -0.135. The molecule has 0 radical (unpaired) electrons. The number of rotatable bonds is 7. The van der Waals surface area contributed by atoms with Gasteiger partial charge in [0, 0.05) is 26.4 Å². The van der Waals surface area contributed by atoms with Gasteiger partial charge in [-0.25, -0.2) is 0 Å². The third-order valence-electron chi connectivity index (χ3n) is 8.04. The first-order chi connectivity index (χ1) is 20.9. The van der Waals surface area contributed by atoms with Gasteiger partial charge in [0.1, 0.15) is 24.4 Å². The Balaban J connectivity index is 1.46. The van der Waals surface area contributed by atoms with Crippen LogP contribution in [-0.2, 0) is 20.8 Å². The minimum Gasteiger partial charge on any atom is -0.491 e. The van der Waals surface area contributed by atoms with Crippen molar-refractivity contribution in [1.82, 2.24) is 25.8 Å². The van der Waals surface area contributed by atoms with Gasteiger partial charge in [0.2, 0.25) is 17.7 Å². The summed E-state index contributed by atoms with van der Waals surface area (Å²) in [6.45, 7) is 3.99. The number of carbonyl (C=O) groups excluding carboxylic acids is 4. The number of fused-ring (bicyclic) bond motifs is 1. The van der Waals surface area contributed by atoms with Crippen LogP contribution in [0.2, 0.25) is 0 Å². The number of hydrogen-bond acceptors (Lipinski definition) is 6. The fraction of sp³-hybridized carbons (Fsp3) is 0.515. The van der Waals surface area contributed by atoms with Gasteiger partial charge in [-0.2, -0.15) is 0 Å². The number of hydrogen-bond donors (Lipinski definition) is 3. The number of para-hydroxylation sites is 1. The quantitative estimate of drug-likeness (QED) is 0.426. The number of benzene rings is 2. The Labute approximate surface area is 254 Å². The number of nitrogens with zero attached hydrogens (tertiary/aromatic N) is 2. The Kier molecular flexibility index (Phi) is 12.4. The van der Waals surface area contributed by atoms with Crippen molar-refractivity contribution < 1.29 is 23.9 Å². The number of ether oxygens (including phenoxy) is 1. The first kappa shape index (κ1) is 32.0. The van der Waals surface area contributed by atoms with Gasteiger partial charge in [-0.15, -0.1) is 0 Å². The highest BCUT2D eigenvalue weighted by Crippen LogP contribution is 2.19. The Hall–Kier alpha value is -3.92. The van der Waals surface area contributed by atoms with Crippen molar-refractivity contribution in [2.45, 2.75) is 63.5 Å². The number of amides is 4. The van der Waals surface area contributed by atoms with Crippen molar-refractivity contribution in [2.24, 2.45) is 0 Å². The maximum Gasteiger partial charge on any atom is 0.255 e. The van der Waals surface area contributed by atoms with Crippen LogP contribution in [-0.4, -0.2) is 91.9 Å². The van der Waals surface area contributed by atoms with E-state index in [9.17, 15) is 19.2 Å². The van der Waals surface area contributed by atoms with E-state index in [0.717, 1.165) is 31.6 Å². The molecule has 0 saturated carbocycles. The van der Waals surface area contributed by atoms with Gasteiger partial charge in [0.05, 0.1) is 12.1 Å². The summed E-state index contributed by atoms with van der Waals surface area (Å²) < 4.78 is 5.92. The average molecular weight is 592 g/mol. The zero-order valence-electron chi connectivity index (χ0n) is 25.2. The highest BCUT2D eigenvalue weighted by Gasteiger charge is 2.28. The molecular weight excluding hydrogens is 546 g/mol.